The van der Waals surface area contributed by atoms with Crippen molar-refractivity contribution in [1.82, 2.24) is 9.62 Å². The number of nitrogens with one attached hydrogen (secondary N) is 2. The summed E-state index contributed by atoms with van der Waals surface area (Å²) in [5.74, 6) is -0.469. The molecule has 38 heavy (non-hydrogen) atoms. The summed E-state index contributed by atoms with van der Waals surface area (Å²) in [5, 5.41) is 12.9. The van der Waals surface area contributed by atoms with Crippen molar-refractivity contribution in [2.75, 3.05) is 38.3 Å². The minimum Gasteiger partial charge on any atom is -0.384 e. The van der Waals surface area contributed by atoms with Crippen molar-refractivity contribution in [1.29, 1.82) is 5.26 Å². The lowest BCUT2D eigenvalue weighted by Crippen LogP contribution is -2.46. The van der Waals surface area contributed by atoms with Gasteiger partial charge in [-0.25, -0.2) is 21.9 Å². The lowest BCUT2D eigenvalue weighted by atomic mass is 9.86. The van der Waals surface area contributed by atoms with Crippen LogP contribution in [-0.4, -0.2) is 57.8 Å². The van der Waals surface area contributed by atoms with Crippen LogP contribution in [0.4, 0.5) is 14.5 Å². The smallest absolute Gasteiger partial charge is 0.271 e. The van der Waals surface area contributed by atoms with Crippen molar-refractivity contribution in [3.05, 3.63) is 53.8 Å². The Morgan fingerprint density at radius 2 is 1.84 bits per heavy atom. The Bertz CT molecular complexity index is 1240. The molecular formula is C27H34F2N4O3S2. The summed E-state index contributed by atoms with van der Waals surface area (Å²) >= 11 is 1.62. The van der Waals surface area contributed by atoms with Crippen LogP contribution in [0.15, 0.2) is 52.3 Å². The van der Waals surface area contributed by atoms with Gasteiger partial charge in [0.2, 0.25) is 0 Å². The molecule has 2 aromatic carbocycles. The van der Waals surface area contributed by atoms with Crippen molar-refractivity contribution >= 4 is 33.4 Å². The maximum absolute atomic E-state index is 14.9. The first kappa shape index (κ1) is 29.9. The van der Waals surface area contributed by atoms with E-state index in [1.807, 2.05) is 24.9 Å². The summed E-state index contributed by atoms with van der Waals surface area (Å²) in [6, 6.07) is 12.3. The number of nitrogens with zero attached hydrogens (tertiary/aromatic N) is 2. The van der Waals surface area contributed by atoms with Crippen molar-refractivity contribution in [2.45, 2.75) is 54.0 Å². The summed E-state index contributed by atoms with van der Waals surface area (Å²) in [6.45, 7) is 1.39. The minimum atomic E-state index is -4.34. The summed E-state index contributed by atoms with van der Waals surface area (Å²) in [6.07, 6.45) is 2.73. The van der Waals surface area contributed by atoms with Crippen LogP contribution in [0.3, 0.4) is 0 Å². The summed E-state index contributed by atoms with van der Waals surface area (Å²) in [5.41, 5.74) is -1.63. The number of anilines is 1. The Balaban J connectivity index is 1.68. The van der Waals surface area contributed by atoms with Gasteiger partial charge in [0.1, 0.15) is 11.9 Å². The quantitative estimate of drug-likeness (QED) is 0.352. The Kier molecular flexibility index (Phi) is 10.5. The van der Waals surface area contributed by atoms with Gasteiger partial charge in [-0.05, 0) is 101 Å². The topological polar surface area (TPSA) is 102 Å². The molecule has 0 radical (unpaired) electrons. The van der Waals surface area contributed by atoms with Crippen LogP contribution >= 0.6 is 11.8 Å². The molecule has 0 aromatic heterocycles. The molecule has 11 heteroatoms. The number of halogens is 2. The number of hydrogen-bond donors (Lipinski definition) is 2. The molecule has 1 atom stereocenters. The molecule has 0 aliphatic heterocycles. The number of rotatable bonds is 12. The van der Waals surface area contributed by atoms with E-state index < -0.39 is 21.6 Å². The second-order valence-corrected chi connectivity index (χ2v) is 12.7. The maximum atomic E-state index is 14.9. The lowest BCUT2D eigenvalue weighted by Gasteiger charge is -2.27. The van der Waals surface area contributed by atoms with E-state index >= 15 is 0 Å². The molecule has 1 amide bonds. The summed E-state index contributed by atoms with van der Waals surface area (Å²) in [7, 11) is -0.365. The first-order valence-electron chi connectivity index (χ1n) is 12.6. The van der Waals surface area contributed by atoms with E-state index in [4.69, 9.17) is 0 Å². The zero-order valence-electron chi connectivity index (χ0n) is 21.7. The van der Waals surface area contributed by atoms with Crippen LogP contribution in [0.2, 0.25) is 0 Å². The average molecular weight is 565 g/mol. The molecule has 1 saturated carbocycles. The molecule has 0 bridgehead atoms. The molecule has 0 unspecified atom stereocenters. The SMILES string of the molecule is CN(C)CC[C@@H](CNc1ccc(S(=O)(=O)NC(=O)C2(F)CCCCC2)cc1C#N)CSc1ccc(F)cc1. The molecule has 2 N–H and O–H groups in total. The molecule has 3 rings (SSSR count). The third-order valence-corrected chi connectivity index (χ3v) is 9.14. The van der Waals surface area contributed by atoms with Crippen LogP contribution in [0.25, 0.3) is 0 Å². The van der Waals surface area contributed by atoms with E-state index in [2.05, 4.69) is 10.2 Å². The third-order valence-electron chi connectivity index (χ3n) is 6.57. The first-order valence-corrected chi connectivity index (χ1v) is 15.1. The number of amides is 1. The highest BCUT2D eigenvalue weighted by Gasteiger charge is 2.41. The van der Waals surface area contributed by atoms with Crippen LogP contribution < -0.4 is 10.0 Å². The van der Waals surface area contributed by atoms with Gasteiger partial charge >= 0.3 is 0 Å². The van der Waals surface area contributed by atoms with Crippen LogP contribution in [0, 0.1) is 23.1 Å². The van der Waals surface area contributed by atoms with E-state index in [1.165, 1.54) is 30.3 Å². The fourth-order valence-corrected chi connectivity index (χ4v) is 6.34. The largest absolute Gasteiger partial charge is 0.384 e. The number of sulfonamides is 1. The third kappa shape index (κ3) is 8.41. The first-order chi connectivity index (χ1) is 18.0. The fourth-order valence-electron chi connectivity index (χ4n) is 4.23. The normalized spacial score (nSPS) is 16.0. The van der Waals surface area contributed by atoms with E-state index in [1.54, 1.807) is 23.9 Å². The molecule has 1 aliphatic carbocycles. The van der Waals surface area contributed by atoms with Crippen molar-refractivity contribution in [3.63, 3.8) is 0 Å². The van der Waals surface area contributed by atoms with Gasteiger partial charge in [-0.3, -0.25) is 4.79 Å². The molecule has 1 fully saturated rings. The fraction of sp³-hybridized carbons (Fsp3) is 0.481. The number of carbonyl (C=O) groups excluding carboxylic acids is 1. The van der Waals surface area contributed by atoms with Gasteiger partial charge in [-0.2, -0.15) is 5.26 Å². The number of hydrogen-bond acceptors (Lipinski definition) is 7. The molecule has 2 aromatic rings. The Labute approximate surface area is 228 Å². The molecule has 7 nitrogen and oxygen atoms in total. The van der Waals surface area contributed by atoms with Gasteiger partial charge in [-0.15, -0.1) is 11.8 Å². The monoisotopic (exact) mass is 564 g/mol. The van der Waals surface area contributed by atoms with E-state index in [9.17, 15) is 27.3 Å². The second kappa shape index (κ2) is 13.4. The highest BCUT2D eigenvalue weighted by Crippen LogP contribution is 2.32. The van der Waals surface area contributed by atoms with E-state index in [0.29, 0.717) is 25.1 Å². The van der Waals surface area contributed by atoms with Crippen LogP contribution in [0.1, 0.15) is 44.1 Å². The van der Waals surface area contributed by atoms with Crippen molar-refractivity contribution < 1.29 is 22.0 Å². The zero-order chi connectivity index (χ0) is 27.8. The standard InChI is InChI=1S/C27H34F2N4O3S2/c1-33(2)15-12-20(19-37-23-8-6-22(28)7-9-23)18-31-25-11-10-24(16-21(25)17-30)38(35,36)32-26(34)27(29)13-4-3-5-14-27/h6-11,16,20,31H,3-5,12-15,18-19H2,1-2H3,(H,32,34)/t20-/m0/s1. The maximum Gasteiger partial charge on any atom is 0.271 e. The van der Waals surface area contributed by atoms with Gasteiger partial charge in [0.15, 0.2) is 5.67 Å². The molecule has 1 aliphatic rings. The minimum absolute atomic E-state index is 0.00487. The average Bonchev–Trinajstić information content (AvgIpc) is 2.89. The molecule has 0 saturated heterocycles. The zero-order valence-corrected chi connectivity index (χ0v) is 23.3. The molecular weight excluding hydrogens is 530 g/mol. The Hall–Kier alpha value is -2.68. The predicted molar refractivity (Wildman–Crippen MR) is 146 cm³/mol. The van der Waals surface area contributed by atoms with Crippen LogP contribution in [-0.2, 0) is 14.8 Å². The Morgan fingerprint density at radius 3 is 2.47 bits per heavy atom. The summed E-state index contributed by atoms with van der Waals surface area (Å²) < 4.78 is 55.6. The Morgan fingerprint density at radius 1 is 1.16 bits per heavy atom. The molecule has 0 spiro atoms. The molecule has 206 valence electrons. The van der Waals surface area contributed by atoms with Gasteiger partial charge in [0.05, 0.1) is 16.1 Å². The number of alkyl halides is 1. The van der Waals surface area contributed by atoms with Gasteiger partial charge in [0, 0.05) is 17.2 Å². The van der Waals surface area contributed by atoms with Crippen molar-refractivity contribution in [3.8, 4) is 6.07 Å². The highest BCUT2D eigenvalue weighted by molar-refractivity contribution is 7.99. The van der Waals surface area contributed by atoms with Crippen molar-refractivity contribution in [2.24, 2.45) is 5.92 Å². The van der Waals surface area contributed by atoms with E-state index in [-0.39, 0.29) is 35.0 Å². The predicted octanol–water partition coefficient (Wildman–Crippen LogP) is 4.95. The van der Waals surface area contributed by atoms with Crippen LogP contribution in [0.5, 0.6) is 0 Å². The lowest BCUT2D eigenvalue weighted by molar-refractivity contribution is -0.133. The molecule has 0 heterocycles. The van der Waals surface area contributed by atoms with Gasteiger partial charge < -0.3 is 10.2 Å². The van der Waals surface area contributed by atoms with E-state index in [0.717, 1.165) is 30.0 Å². The van der Waals surface area contributed by atoms with Gasteiger partial charge in [-0.1, -0.05) is 6.42 Å². The number of thioether (sulfide) groups is 1. The second-order valence-electron chi connectivity index (χ2n) is 9.88. The van der Waals surface area contributed by atoms with Gasteiger partial charge in [0.25, 0.3) is 15.9 Å². The number of carbonyl (C=O) groups is 1. The number of benzene rings is 2. The summed E-state index contributed by atoms with van der Waals surface area (Å²) in [4.78, 5) is 15.2. The number of nitriles is 1. The highest BCUT2D eigenvalue weighted by atomic mass is 32.2.